The molecule has 0 aliphatic heterocycles. The molecule has 0 radical (unpaired) electrons. The molecule has 0 bridgehead atoms. The molecule has 1 atom stereocenters. The highest BCUT2D eigenvalue weighted by atomic mass is 16.4. The fraction of sp³-hybridized carbons (Fsp3) is 0.867. The molecule has 1 unspecified atom stereocenters. The summed E-state index contributed by atoms with van der Waals surface area (Å²) in [5, 5.41) is 8.65. The highest BCUT2D eigenvalue weighted by Crippen LogP contribution is 2.09. The molecule has 0 saturated heterocycles. The summed E-state index contributed by atoms with van der Waals surface area (Å²) < 4.78 is 0. The predicted octanol–water partition coefficient (Wildman–Crippen LogP) is 2.10. The van der Waals surface area contributed by atoms with E-state index in [1.54, 1.807) is 4.90 Å². The van der Waals surface area contributed by atoms with E-state index in [2.05, 4.69) is 27.7 Å². The third-order valence-electron chi connectivity index (χ3n) is 3.25. The first kappa shape index (κ1) is 18.9. The van der Waals surface area contributed by atoms with Crippen molar-refractivity contribution >= 4 is 11.9 Å². The average Bonchev–Trinajstić information content (AvgIpc) is 2.34. The van der Waals surface area contributed by atoms with Gasteiger partial charge in [0.1, 0.15) is 0 Å². The lowest BCUT2D eigenvalue weighted by Gasteiger charge is -2.27. The third kappa shape index (κ3) is 8.91. The van der Waals surface area contributed by atoms with Gasteiger partial charge in [0.25, 0.3) is 0 Å². The first-order valence-corrected chi connectivity index (χ1v) is 7.50. The zero-order valence-electron chi connectivity index (χ0n) is 13.3. The minimum absolute atomic E-state index is 0.0604. The SMILES string of the molecule is CC(C)CCN(CCC(C)C)C(=O)C(N)CCC(=O)O. The van der Waals surface area contributed by atoms with Gasteiger partial charge in [-0.25, -0.2) is 0 Å². The standard InChI is InChI=1S/C15H30N2O3/c1-11(2)7-9-17(10-8-12(3)4)15(20)13(16)5-6-14(18)19/h11-13H,5-10,16H2,1-4H3,(H,18,19). The monoisotopic (exact) mass is 286 g/mol. The van der Waals surface area contributed by atoms with Gasteiger partial charge < -0.3 is 15.7 Å². The zero-order chi connectivity index (χ0) is 15.7. The molecule has 0 saturated carbocycles. The number of nitrogens with two attached hydrogens (primary N) is 1. The van der Waals surface area contributed by atoms with Crippen LogP contribution in [0, 0.1) is 11.8 Å². The Morgan fingerprint density at radius 3 is 1.80 bits per heavy atom. The Hall–Kier alpha value is -1.10. The first-order valence-electron chi connectivity index (χ1n) is 7.50. The first-order chi connectivity index (χ1) is 9.23. The lowest BCUT2D eigenvalue weighted by molar-refractivity contribution is -0.137. The molecule has 20 heavy (non-hydrogen) atoms. The fourth-order valence-corrected chi connectivity index (χ4v) is 1.80. The van der Waals surface area contributed by atoms with Gasteiger partial charge in [-0.15, -0.1) is 0 Å². The molecular weight excluding hydrogens is 256 g/mol. The van der Waals surface area contributed by atoms with Crippen molar-refractivity contribution in [2.45, 2.75) is 59.4 Å². The average molecular weight is 286 g/mol. The van der Waals surface area contributed by atoms with E-state index >= 15 is 0 Å². The number of hydrogen-bond acceptors (Lipinski definition) is 3. The number of rotatable bonds is 10. The summed E-state index contributed by atoms with van der Waals surface area (Å²) in [5.41, 5.74) is 5.82. The Kier molecular flexibility index (Phi) is 9.21. The van der Waals surface area contributed by atoms with Crippen LogP contribution in [0.2, 0.25) is 0 Å². The lowest BCUT2D eigenvalue weighted by atomic mass is 10.1. The van der Waals surface area contributed by atoms with E-state index in [1.807, 2.05) is 0 Å². The van der Waals surface area contributed by atoms with Gasteiger partial charge in [0.2, 0.25) is 5.91 Å². The molecule has 1 amide bonds. The second kappa shape index (κ2) is 9.75. The summed E-state index contributed by atoms with van der Waals surface area (Å²) >= 11 is 0. The van der Waals surface area contributed by atoms with Crippen LogP contribution in [0.4, 0.5) is 0 Å². The number of carbonyl (C=O) groups excluding carboxylic acids is 1. The second-order valence-electron chi connectivity index (χ2n) is 6.23. The molecule has 0 rings (SSSR count). The van der Waals surface area contributed by atoms with Crippen molar-refractivity contribution in [2.75, 3.05) is 13.1 Å². The van der Waals surface area contributed by atoms with Crippen LogP contribution in [0.25, 0.3) is 0 Å². The maximum Gasteiger partial charge on any atom is 0.303 e. The minimum Gasteiger partial charge on any atom is -0.481 e. The van der Waals surface area contributed by atoms with E-state index in [0.717, 1.165) is 12.8 Å². The highest BCUT2D eigenvalue weighted by Gasteiger charge is 2.21. The summed E-state index contributed by atoms with van der Waals surface area (Å²) in [6.07, 6.45) is 2.02. The summed E-state index contributed by atoms with van der Waals surface area (Å²) in [6, 6.07) is -0.703. The van der Waals surface area contributed by atoms with Crippen LogP contribution in [-0.2, 0) is 9.59 Å². The summed E-state index contributed by atoms with van der Waals surface area (Å²) in [4.78, 5) is 24.6. The number of carboxylic acid groups (broad SMARTS) is 1. The maximum atomic E-state index is 12.3. The Bertz CT molecular complexity index is 291. The molecule has 5 heteroatoms. The van der Waals surface area contributed by atoms with Crippen molar-refractivity contribution in [3.8, 4) is 0 Å². The molecule has 3 N–H and O–H groups in total. The number of carboxylic acids is 1. The highest BCUT2D eigenvalue weighted by molar-refractivity contribution is 5.82. The van der Waals surface area contributed by atoms with Gasteiger partial charge in [-0.2, -0.15) is 0 Å². The summed E-state index contributed by atoms with van der Waals surface area (Å²) in [6.45, 7) is 9.88. The molecule has 5 nitrogen and oxygen atoms in total. The number of nitrogens with zero attached hydrogens (tertiary/aromatic N) is 1. The quantitative estimate of drug-likeness (QED) is 0.644. The van der Waals surface area contributed by atoms with E-state index in [-0.39, 0.29) is 18.7 Å². The minimum atomic E-state index is -0.913. The Labute approximate surface area is 122 Å². The van der Waals surface area contributed by atoms with E-state index in [1.165, 1.54) is 0 Å². The molecule has 0 aliphatic carbocycles. The largest absolute Gasteiger partial charge is 0.481 e. The molecule has 0 fully saturated rings. The van der Waals surface area contributed by atoms with Gasteiger partial charge in [-0.3, -0.25) is 9.59 Å². The summed E-state index contributed by atoms with van der Waals surface area (Å²) in [7, 11) is 0. The van der Waals surface area contributed by atoms with Crippen molar-refractivity contribution in [3.05, 3.63) is 0 Å². The Morgan fingerprint density at radius 1 is 1.00 bits per heavy atom. The molecule has 0 aromatic carbocycles. The lowest BCUT2D eigenvalue weighted by Crippen LogP contribution is -2.45. The fourth-order valence-electron chi connectivity index (χ4n) is 1.80. The van der Waals surface area contributed by atoms with E-state index in [0.29, 0.717) is 24.9 Å². The van der Waals surface area contributed by atoms with Crippen molar-refractivity contribution in [2.24, 2.45) is 17.6 Å². The molecule has 0 heterocycles. The Balaban J connectivity index is 4.47. The van der Waals surface area contributed by atoms with Gasteiger partial charge in [-0.05, 0) is 31.1 Å². The van der Waals surface area contributed by atoms with Crippen LogP contribution in [-0.4, -0.2) is 41.0 Å². The van der Waals surface area contributed by atoms with E-state index < -0.39 is 12.0 Å². The normalized spacial score (nSPS) is 12.8. The molecule has 0 aliphatic rings. The topological polar surface area (TPSA) is 83.6 Å². The van der Waals surface area contributed by atoms with Crippen molar-refractivity contribution in [1.82, 2.24) is 4.90 Å². The number of aliphatic carboxylic acids is 1. The smallest absolute Gasteiger partial charge is 0.303 e. The van der Waals surface area contributed by atoms with E-state index in [4.69, 9.17) is 10.8 Å². The molecule has 0 aromatic heterocycles. The Morgan fingerprint density at radius 2 is 1.45 bits per heavy atom. The van der Waals surface area contributed by atoms with Crippen LogP contribution in [0.5, 0.6) is 0 Å². The van der Waals surface area contributed by atoms with Gasteiger partial charge in [0.15, 0.2) is 0 Å². The summed E-state index contributed by atoms with van der Waals surface area (Å²) in [5.74, 6) is 0.0240. The molecule has 0 spiro atoms. The zero-order valence-corrected chi connectivity index (χ0v) is 13.3. The van der Waals surface area contributed by atoms with Gasteiger partial charge in [0, 0.05) is 19.5 Å². The van der Waals surface area contributed by atoms with Crippen molar-refractivity contribution in [3.63, 3.8) is 0 Å². The van der Waals surface area contributed by atoms with Gasteiger partial charge in [-0.1, -0.05) is 27.7 Å². The number of carbonyl (C=O) groups is 2. The van der Waals surface area contributed by atoms with Gasteiger partial charge >= 0.3 is 5.97 Å². The van der Waals surface area contributed by atoms with Crippen molar-refractivity contribution < 1.29 is 14.7 Å². The second-order valence-corrected chi connectivity index (χ2v) is 6.23. The van der Waals surface area contributed by atoms with E-state index in [9.17, 15) is 9.59 Å². The number of hydrogen-bond donors (Lipinski definition) is 2. The van der Waals surface area contributed by atoms with Crippen molar-refractivity contribution in [1.29, 1.82) is 0 Å². The molecule has 118 valence electrons. The third-order valence-corrected chi connectivity index (χ3v) is 3.25. The maximum absolute atomic E-state index is 12.3. The van der Waals surface area contributed by atoms with Crippen LogP contribution < -0.4 is 5.73 Å². The van der Waals surface area contributed by atoms with Crippen LogP contribution in [0.3, 0.4) is 0 Å². The molecule has 0 aromatic rings. The van der Waals surface area contributed by atoms with Gasteiger partial charge in [0.05, 0.1) is 6.04 Å². The number of amides is 1. The van der Waals surface area contributed by atoms with Crippen LogP contribution in [0.15, 0.2) is 0 Å². The molecular formula is C15H30N2O3. The van der Waals surface area contributed by atoms with Crippen LogP contribution in [0.1, 0.15) is 53.4 Å². The predicted molar refractivity (Wildman–Crippen MR) is 80.3 cm³/mol. The van der Waals surface area contributed by atoms with Crippen LogP contribution >= 0.6 is 0 Å².